The summed E-state index contributed by atoms with van der Waals surface area (Å²) in [7, 11) is 0. The van der Waals surface area contributed by atoms with Crippen molar-refractivity contribution in [2.24, 2.45) is 11.8 Å². The molecule has 8 nitrogen and oxygen atoms in total. The fourth-order valence-corrected chi connectivity index (χ4v) is 3.64. The monoisotopic (exact) mass is 413 g/mol. The molecule has 1 aliphatic rings. The van der Waals surface area contributed by atoms with Gasteiger partial charge in [-0.25, -0.2) is 9.48 Å². The van der Waals surface area contributed by atoms with E-state index in [2.05, 4.69) is 18.9 Å². The first-order chi connectivity index (χ1) is 14.4. The summed E-state index contributed by atoms with van der Waals surface area (Å²) in [6, 6.07) is 11.8. The van der Waals surface area contributed by atoms with Gasteiger partial charge in [0.15, 0.2) is 12.3 Å². The quantitative estimate of drug-likeness (QED) is 0.645. The molecule has 1 aromatic heterocycles. The Kier molecular flexibility index (Phi) is 7.21. The van der Waals surface area contributed by atoms with Gasteiger partial charge in [0.1, 0.15) is 12.4 Å². The maximum atomic E-state index is 12.4. The lowest BCUT2D eigenvalue weighted by molar-refractivity contribution is -0.137. The highest BCUT2D eigenvalue weighted by molar-refractivity contribution is 5.89. The van der Waals surface area contributed by atoms with Crippen molar-refractivity contribution >= 4 is 11.9 Å². The zero-order valence-corrected chi connectivity index (χ0v) is 17.3. The van der Waals surface area contributed by atoms with Gasteiger partial charge in [-0.1, -0.05) is 32.0 Å². The van der Waals surface area contributed by atoms with Gasteiger partial charge in [-0.2, -0.15) is 5.10 Å². The van der Waals surface area contributed by atoms with E-state index in [0.717, 1.165) is 11.1 Å². The number of amides is 1. The number of likely N-dealkylation sites (tertiary alicyclic amines) is 1. The Balaban J connectivity index is 1.53. The van der Waals surface area contributed by atoms with Crippen LogP contribution < -0.4 is 10.3 Å². The van der Waals surface area contributed by atoms with Crippen LogP contribution in [0.25, 0.3) is 0 Å². The van der Waals surface area contributed by atoms with Crippen LogP contribution in [0.2, 0.25) is 0 Å². The van der Waals surface area contributed by atoms with Crippen LogP contribution in [0.1, 0.15) is 30.8 Å². The standard InChI is InChI=1S/C22H27N3O5/c1-16-12-17(2)14-24(13-16)21(27)15-30-22(28)19-8-9-20(26)25(23-19)10-11-29-18-6-4-3-5-7-18/h3-9,16-17H,10-15H2,1-2H3. The third kappa shape index (κ3) is 5.92. The van der Waals surface area contributed by atoms with Crippen molar-refractivity contribution in [1.82, 2.24) is 14.7 Å². The second kappa shape index (κ2) is 10.0. The van der Waals surface area contributed by atoms with Crippen LogP contribution >= 0.6 is 0 Å². The number of nitrogens with zero attached hydrogens (tertiary/aromatic N) is 3. The van der Waals surface area contributed by atoms with E-state index in [0.29, 0.717) is 30.7 Å². The predicted octanol–water partition coefficient (Wildman–Crippen LogP) is 1.98. The van der Waals surface area contributed by atoms with Crippen molar-refractivity contribution in [2.45, 2.75) is 26.8 Å². The molecule has 3 rings (SSSR count). The van der Waals surface area contributed by atoms with E-state index in [1.54, 1.807) is 4.90 Å². The molecule has 2 atom stereocenters. The Bertz CT molecular complexity index is 918. The lowest BCUT2D eigenvalue weighted by Crippen LogP contribution is -2.44. The Morgan fingerprint density at radius 1 is 1.07 bits per heavy atom. The van der Waals surface area contributed by atoms with Gasteiger partial charge in [0.2, 0.25) is 0 Å². The van der Waals surface area contributed by atoms with Crippen molar-refractivity contribution in [3.63, 3.8) is 0 Å². The molecule has 1 aliphatic heterocycles. The molecule has 8 heteroatoms. The number of rotatable bonds is 7. The summed E-state index contributed by atoms with van der Waals surface area (Å²) in [5, 5.41) is 4.04. The molecule has 1 aromatic carbocycles. The Labute approximate surface area is 175 Å². The summed E-state index contributed by atoms with van der Waals surface area (Å²) < 4.78 is 11.9. The summed E-state index contributed by atoms with van der Waals surface area (Å²) in [5.74, 6) is 0.583. The lowest BCUT2D eigenvalue weighted by Gasteiger charge is -2.34. The van der Waals surface area contributed by atoms with Crippen LogP contribution in [0.15, 0.2) is 47.3 Å². The minimum Gasteiger partial charge on any atom is -0.492 e. The van der Waals surface area contributed by atoms with Gasteiger partial charge in [0, 0.05) is 19.2 Å². The highest BCUT2D eigenvalue weighted by Gasteiger charge is 2.26. The SMILES string of the molecule is CC1CC(C)CN(C(=O)COC(=O)c2ccc(=O)n(CCOc3ccccc3)n2)C1. The zero-order chi connectivity index (χ0) is 21.5. The van der Waals surface area contributed by atoms with Crippen molar-refractivity contribution in [2.75, 3.05) is 26.3 Å². The summed E-state index contributed by atoms with van der Waals surface area (Å²) in [5.41, 5.74) is -0.377. The number of hydrogen-bond donors (Lipinski definition) is 0. The first kappa shape index (κ1) is 21.5. The second-order valence-corrected chi connectivity index (χ2v) is 7.76. The molecular weight excluding hydrogens is 386 g/mol. The molecular formula is C22H27N3O5. The van der Waals surface area contributed by atoms with E-state index >= 15 is 0 Å². The highest BCUT2D eigenvalue weighted by atomic mass is 16.5. The smallest absolute Gasteiger partial charge is 0.359 e. The highest BCUT2D eigenvalue weighted by Crippen LogP contribution is 2.20. The minimum absolute atomic E-state index is 0.0255. The van der Waals surface area contributed by atoms with E-state index in [4.69, 9.17) is 9.47 Å². The van der Waals surface area contributed by atoms with Gasteiger partial charge in [-0.15, -0.1) is 0 Å². The van der Waals surface area contributed by atoms with Crippen molar-refractivity contribution in [3.05, 3.63) is 58.5 Å². The molecule has 0 spiro atoms. The molecule has 0 bridgehead atoms. The summed E-state index contributed by atoms with van der Waals surface area (Å²) >= 11 is 0. The van der Waals surface area contributed by atoms with Gasteiger partial charge >= 0.3 is 5.97 Å². The van der Waals surface area contributed by atoms with Crippen molar-refractivity contribution in [3.8, 4) is 5.75 Å². The summed E-state index contributed by atoms with van der Waals surface area (Å²) in [6.45, 7) is 5.62. The van der Waals surface area contributed by atoms with Gasteiger partial charge in [0.25, 0.3) is 11.5 Å². The molecule has 1 amide bonds. The van der Waals surface area contributed by atoms with Crippen LogP contribution in [-0.2, 0) is 16.1 Å². The molecule has 1 fully saturated rings. The number of carbonyl (C=O) groups is 2. The third-order valence-electron chi connectivity index (χ3n) is 4.94. The molecule has 0 aliphatic carbocycles. The van der Waals surface area contributed by atoms with Gasteiger partial charge in [-0.3, -0.25) is 9.59 Å². The number of ether oxygens (including phenoxy) is 2. The fourth-order valence-electron chi connectivity index (χ4n) is 3.64. The normalized spacial score (nSPS) is 18.7. The summed E-state index contributed by atoms with van der Waals surface area (Å²) in [6.07, 6.45) is 1.09. The third-order valence-corrected chi connectivity index (χ3v) is 4.94. The number of para-hydroxylation sites is 1. The number of aromatic nitrogens is 2. The Hall–Kier alpha value is -3.16. The number of piperidine rings is 1. The molecule has 0 radical (unpaired) electrons. The summed E-state index contributed by atoms with van der Waals surface area (Å²) in [4.78, 5) is 38.4. The van der Waals surface area contributed by atoms with Crippen LogP contribution in [0.4, 0.5) is 0 Å². The number of benzene rings is 1. The van der Waals surface area contributed by atoms with Crippen LogP contribution in [0, 0.1) is 11.8 Å². The molecule has 2 heterocycles. The minimum atomic E-state index is -0.737. The lowest BCUT2D eigenvalue weighted by atomic mass is 9.92. The van der Waals surface area contributed by atoms with Crippen LogP contribution in [0.3, 0.4) is 0 Å². The maximum absolute atomic E-state index is 12.4. The van der Waals surface area contributed by atoms with Gasteiger partial charge < -0.3 is 14.4 Å². The van der Waals surface area contributed by atoms with E-state index in [1.807, 2.05) is 30.3 Å². The average Bonchev–Trinajstić information content (AvgIpc) is 2.73. The maximum Gasteiger partial charge on any atom is 0.359 e. The van der Waals surface area contributed by atoms with E-state index in [-0.39, 0.29) is 36.9 Å². The Morgan fingerprint density at radius 2 is 1.77 bits per heavy atom. The molecule has 30 heavy (non-hydrogen) atoms. The Morgan fingerprint density at radius 3 is 2.47 bits per heavy atom. The number of carbonyl (C=O) groups excluding carboxylic acids is 2. The van der Waals surface area contributed by atoms with E-state index < -0.39 is 5.97 Å². The largest absolute Gasteiger partial charge is 0.492 e. The predicted molar refractivity (Wildman–Crippen MR) is 110 cm³/mol. The molecule has 1 saturated heterocycles. The number of esters is 1. The first-order valence-corrected chi connectivity index (χ1v) is 10.1. The van der Waals surface area contributed by atoms with Crippen molar-refractivity contribution in [1.29, 1.82) is 0 Å². The molecule has 160 valence electrons. The van der Waals surface area contributed by atoms with Gasteiger partial charge in [-0.05, 0) is 36.5 Å². The van der Waals surface area contributed by atoms with Crippen LogP contribution in [0.5, 0.6) is 5.75 Å². The second-order valence-electron chi connectivity index (χ2n) is 7.76. The van der Waals surface area contributed by atoms with Crippen LogP contribution in [-0.4, -0.2) is 52.9 Å². The van der Waals surface area contributed by atoms with Gasteiger partial charge in [0.05, 0.1) is 6.54 Å². The molecule has 0 N–H and O–H groups in total. The zero-order valence-electron chi connectivity index (χ0n) is 17.3. The van der Waals surface area contributed by atoms with E-state index in [1.165, 1.54) is 12.1 Å². The van der Waals surface area contributed by atoms with Crippen molar-refractivity contribution < 1.29 is 19.1 Å². The fraction of sp³-hybridized carbons (Fsp3) is 0.455. The molecule has 2 aromatic rings. The molecule has 0 saturated carbocycles. The first-order valence-electron chi connectivity index (χ1n) is 10.1. The number of hydrogen-bond acceptors (Lipinski definition) is 6. The topological polar surface area (TPSA) is 90.7 Å². The van der Waals surface area contributed by atoms with E-state index in [9.17, 15) is 14.4 Å². The molecule has 2 unspecified atom stereocenters. The average molecular weight is 413 g/mol.